The molecule has 0 radical (unpaired) electrons. The van der Waals surface area contributed by atoms with Crippen molar-refractivity contribution in [3.8, 4) is 0 Å². The summed E-state index contributed by atoms with van der Waals surface area (Å²) in [6.07, 6.45) is 1.84. The van der Waals surface area contributed by atoms with Crippen LogP contribution in [-0.2, 0) is 19.6 Å². The van der Waals surface area contributed by atoms with Gasteiger partial charge in [-0.3, -0.25) is 0 Å². The molecular weight excluding hydrogens is 254 g/mol. The Morgan fingerprint density at radius 2 is 2.00 bits per heavy atom. The largest absolute Gasteiger partial charge is 0.394 e. The number of aliphatic hydroxyl groups is 1. The SMILES string of the molecule is CN(C)Cc1ccc(NCc2cn(CCO)nn2)cc1. The molecule has 0 spiro atoms. The van der Waals surface area contributed by atoms with E-state index in [0.717, 1.165) is 17.9 Å². The molecule has 0 atom stereocenters. The number of hydrogen-bond acceptors (Lipinski definition) is 5. The first-order valence-electron chi connectivity index (χ1n) is 6.65. The molecule has 6 heteroatoms. The minimum atomic E-state index is 0.0730. The second kappa shape index (κ2) is 7.02. The molecule has 2 aromatic rings. The molecule has 1 aromatic heterocycles. The average molecular weight is 275 g/mol. The Balaban J connectivity index is 1.86. The molecule has 2 N–H and O–H groups in total. The maximum Gasteiger partial charge on any atom is 0.102 e. The van der Waals surface area contributed by atoms with Crippen molar-refractivity contribution in [3.05, 3.63) is 41.7 Å². The van der Waals surface area contributed by atoms with Gasteiger partial charge in [0, 0.05) is 12.2 Å². The molecule has 0 unspecified atom stereocenters. The zero-order valence-electron chi connectivity index (χ0n) is 12.0. The fourth-order valence-corrected chi connectivity index (χ4v) is 1.92. The topological polar surface area (TPSA) is 66.2 Å². The van der Waals surface area contributed by atoms with Gasteiger partial charge in [0.1, 0.15) is 5.69 Å². The standard InChI is InChI=1S/C14H21N5O/c1-18(2)10-12-3-5-13(6-4-12)15-9-14-11-19(7-8-20)17-16-14/h3-6,11,15,20H,7-10H2,1-2H3. The Bertz CT molecular complexity index is 521. The van der Waals surface area contributed by atoms with Gasteiger partial charge >= 0.3 is 0 Å². The third kappa shape index (κ3) is 4.32. The van der Waals surface area contributed by atoms with Gasteiger partial charge in [-0.1, -0.05) is 17.3 Å². The van der Waals surface area contributed by atoms with Crippen LogP contribution in [0.4, 0.5) is 5.69 Å². The molecule has 0 saturated carbocycles. The molecule has 1 heterocycles. The zero-order valence-corrected chi connectivity index (χ0v) is 12.0. The summed E-state index contributed by atoms with van der Waals surface area (Å²) in [7, 11) is 4.11. The number of nitrogens with one attached hydrogen (secondary N) is 1. The van der Waals surface area contributed by atoms with Gasteiger partial charge in [0.05, 0.1) is 25.9 Å². The van der Waals surface area contributed by atoms with Crippen LogP contribution in [0.5, 0.6) is 0 Å². The first-order chi connectivity index (χ1) is 9.67. The van der Waals surface area contributed by atoms with Gasteiger partial charge in [-0.15, -0.1) is 5.10 Å². The number of nitrogens with zero attached hydrogens (tertiary/aromatic N) is 4. The molecule has 0 fully saturated rings. The van der Waals surface area contributed by atoms with Crippen LogP contribution in [-0.4, -0.2) is 45.7 Å². The monoisotopic (exact) mass is 275 g/mol. The second-order valence-corrected chi connectivity index (χ2v) is 4.98. The van der Waals surface area contributed by atoms with E-state index in [1.807, 2.05) is 6.20 Å². The van der Waals surface area contributed by atoms with Crippen molar-refractivity contribution in [2.45, 2.75) is 19.6 Å². The Morgan fingerprint density at radius 3 is 2.65 bits per heavy atom. The number of anilines is 1. The van der Waals surface area contributed by atoms with E-state index in [4.69, 9.17) is 5.11 Å². The van der Waals surface area contributed by atoms with E-state index in [-0.39, 0.29) is 6.61 Å². The van der Waals surface area contributed by atoms with Crippen LogP contribution >= 0.6 is 0 Å². The van der Waals surface area contributed by atoms with Gasteiger partial charge in [0.25, 0.3) is 0 Å². The van der Waals surface area contributed by atoms with E-state index in [9.17, 15) is 0 Å². The van der Waals surface area contributed by atoms with Crippen molar-refractivity contribution in [1.29, 1.82) is 0 Å². The maximum absolute atomic E-state index is 8.82. The molecular formula is C14H21N5O. The molecule has 108 valence electrons. The lowest BCUT2D eigenvalue weighted by atomic mass is 10.2. The fraction of sp³-hybridized carbons (Fsp3) is 0.429. The fourth-order valence-electron chi connectivity index (χ4n) is 1.92. The van der Waals surface area contributed by atoms with Crippen LogP contribution in [0.3, 0.4) is 0 Å². The van der Waals surface area contributed by atoms with E-state index in [1.54, 1.807) is 4.68 Å². The highest BCUT2D eigenvalue weighted by molar-refractivity contribution is 5.44. The minimum absolute atomic E-state index is 0.0730. The molecule has 0 saturated heterocycles. The molecule has 0 aliphatic heterocycles. The van der Waals surface area contributed by atoms with Crippen LogP contribution in [0.1, 0.15) is 11.3 Å². The van der Waals surface area contributed by atoms with E-state index in [1.165, 1.54) is 5.56 Å². The highest BCUT2D eigenvalue weighted by Crippen LogP contribution is 2.11. The van der Waals surface area contributed by atoms with Crippen LogP contribution in [0, 0.1) is 0 Å². The van der Waals surface area contributed by atoms with Crippen LogP contribution in [0.2, 0.25) is 0 Å². The smallest absolute Gasteiger partial charge is 0.102 e. The molecule has 0 aliphatic carbocycles. The van der Waals surface area contributed by atoms with Gasteiger partial charge < -0.3 is 15.3 Å². The summed E-state index contributed by atoms with van der Waals surface area (Å²) >= 11 is 0. The molecule has 0 bridgehead atoms. The van der Waals surface area contributed by atoms with Crippen molar-refractivity contribution >= 4 is 5.69 Å². The molecule has 20 heavy (non-hydrogen) atoms. The van der Waals surface area contributed by atoms with Gasteiger partial charge in [-0.25, -0.2) is 4.68 Å². The summed E-state index contributed by atoms with van der Waals surface area (Å²) in [5.74, 6) is 0. The van der Waals surface area contributed by atoms with E-state index in [2.05, 4.69) is 58.9 Å². The summed E-state index contributed by atoms with van der Waals surface area (Å²) in [5.41, 5.74) is 3.20. The summed E-state index contributed by atoms with van der Waals surface area (Å²) in [4.78, 5) is 2.14. The van der Waals surface area contributed by atoms with Crippen LogP contribution in [0.25, 0.3) is 0 Å². The van der Waals surface area contributed by atoms with Crippen molar-refractivity contribution in [3.63, 3.8) is 0 Å². The Kier molecular flexibility index (Phi) is 5.09. The maximum atomic E-state index is 8.82. The number of aromatic nitrogens is 3. The first-order valence-corrected chi connectivity index (χ1v) is 6.65. The lowest BCUT2D eigenvalue weighted by Gasteiger charge is -2.10. The zero-order chi connectivity index (χ0) is 14.4. The summed E-state index contributed by atoms with van der Waals surface area (Å²) in [5, 5.41) is 20.1. The highest BCUT2D eigenvalue weighted by atomic mass is 16.3. The lowest BCUT2D eigenvalue weighted by Crippen LogP contribution is -2.10. The third-order valence-corrected chi connectivity index (χ3v) is 2.84. The summed E-state index contributed by atoms with van der Waals surface area (Å²) < 4.78 is 1.64. The Labute approximate surface area is 119 Å². The Morgan fingerprint density at radius 1 is 1.25 bits per heavy atom. The quantitative estimate of drug-likeness (QED) is 0.787. The van der Waals surface area contributed by atoms with Crippen molar-refractivity contribution in [2.24, 2.45) is 0 Å². The highest BCUT2D eigenvalue weighted by Gasteiger charge is 2.01. The molecule has 1 aromatic carbocycles. The summed E-state index contributed by atoms with van der Waals surface area (Å²) in [6, 6.07) is 8.36. The normalized spacial score (nSPS) is 11.0. The summed E-state index contributed by atoms with van der Waals surface area (Å²) in [6.45, 7) is 2.12. The minimum Gasteiger partial charge on any atom is -0.394 e. The molecule has 2 rings (SSSR count). The Hall–Kier alpha value is -1.92. The lowest BCUT2D eigenvalue weighted by molar-refractivity contribution is 0.268. The van der Waals surface area contributed by atoms with E-state index < -0.39 is 0 Å². The van der Waals surface area contributed by atoms with Crippen LogP contribution < -0.4 is 5.32 Å². The van der Waals surface area contributed by atoms with Gasteiger partial charge in [0.2, 0.25) is 0 Å². The molecule has 0 aliphatic rings. The predicted octanol–water partition coefficient (Wildman–Crippen LogP) is 0.944. The second-order valence-electron chi connectivity index (χ2n) is 4.98. The molecule has 6 nitrogen and oxygen atoms in total. The molecule has 0 amide bonds. The average Bonchev–Trinajstić information content (AvgIpc) is 2.86. The number of rotatable bonds is 7. The van der Waals surface area contributed by atoms with E-state index in [0.29, 0.717) is 13.1 Å². The number of aliphatic hydroxyl groups excluding tert-OH is 1. The van der Waals surface area contributed by atoms with Gasteiger partial charge in [0.15, 0.2) is 0 Å². The first kappa shape index (κ1) is 14.5. The van der Waals surface area contributed by atoms with Gasteiger partial charge in [-0.05, 0) is 31.8 Å². The van der Waals surface area contributed by atoms with Gasteiger partial charge in [-0.2, -0.15) is 0 Å². The third-order valence-electron chi connectivity index (χ3n) is 2.84. The number of benzene rings is 1. The van der Waals surface area contributed by atoms with E-state index >= 15 is 0 Å². The van der Waals surface area contributed by atoms with Crippen molar-refractivity contribution < 1.29 is 5.11 Å². The predicted molar refractivity (Wildman–Crippen MR) is 78.3 cm³/mol. The van der Waals surface area contributed by atoms with Crippen molar-refractivity contribution in [2.75, 3.05) is 26.0 Å². The van der Waals surface area contributed by atoms with Crippen molar-refractivity contribution in [1.82, 2.24) is 19.9 Å². The number of hydrogen-bond donors (Lipinski definition) is 2. The van der Waals surface area contributed by atoms with Crippen LogP contribution in [0.15, 0.2) is 30.5 Å².